The van der Waals surface area contributed by atoms with Crippen LogP contribution in [-0.2, 0) is 4.79 Å². The molecular weight excluding hydrogens is 425 g/mol. The summed E-state index contributed by atoms with van der Waals surface area (Å²) in [5, 5.41) is 11.9. The zero-order valence-electron chi connectivity index (χ0n) is 10.7. The van der Waals surface area contributed by atoms with Gasteiger partial charge in [0.15, 0.2) is 0 Å². The summed E-state index contributed by atoms with van der Waals surface area (Å²) < 4.78 is 1.56. The van der Waals surface area contributed by atoms with E-state index in [0.29, 0.717) is 18.4 Å². The molecule has 1 aromatic rings. The number of carbonyl (C=O) groups is 2. The molecule has 0 saturated carbocycles. The van der Waals surface area contributed by atoms with E-state index in [2.05, 4.69) is 43.8 Å². The number of aliphatic carboxylic acids is 1. The molecule has 19 heavy (non-hydrogen) atoms. The van der Waals surface area contributed by atoms with E-state index < -0.39 is 11.5 Å². The third kappa shape index (κ3) is 4.17. The number of rotatable bonds is 5. The molecule has 0 bridgehead atoms. The van der Waals surface area contributed by atoms with Gasteiger partial charge in [-0.1, -0.05) is 29.3 Å². The Kier molecular flexibility index (Phi) is 5.79. The van der Waals surface area contributed by atoms with E-state index in [1.54, 1.807) is 12.1 Å². The van der Waals surface area contributed by atoms with E-state index in [0.717, 1.165) is 8.04 Å². The first-order valence-corrected chi connectivity index (χ1v) is 7.68. The van der Waals surface area contributed by atoms with Gasteiger partial charge in [0, 0.05) is 8.04 Å². The standard InChI is InChI=1S/C13H15BrINO3/c1-3-6-13(2,12(18)19)16-11(17)9-7-8(14)4-5-10(9)15/h4-5,7H,3,6H2,1-2H3,(H,16,17)(H,18,19). The van der Waals surface area contributed by atoms with Crippen LogP contribution in [0.5, 0.6) is 0 Å². The van der Waals surface area contributed by atoms with Crippen molar-refractivity contribution in [1.82, 2.24) is 5.32 Å². The zero-order valence-corrected chi connectivity index (χ0v) is 14.4. The monoisotopic (exact) mass is 439 g/mol. The number of nitrogens with one attached hydrogen (secondary N) is 1. The molecule has 4 nitrogen and oxygen atoms in total. The van der Waals surface area contributed by atoms with Crippen molar-refractivity contribution in [3.05, 3.63) is 31.8 Å². The molecule has 0 fully saturated rings. The number of carboxylic acids is 1. The number of halogens is 2. The van der Waals surface area contributed by atoms with Gasteiger partial charge in [0.25, 0.3) is 5.91 Å². The summed E-state index contributed by atoms with van der Waals surface area (Å²) in [4.78, 5) is 23.5. The van der Waals surface area contributed by atoms with Gasteiger partial charge in [-0.2, -0.15) is 0 Å². The number of carbonyl (C=O) groups excluding carboxylic acids is 1. The third-order valence-electron chi connectivity index (χ3n) is 2.78. The number of carboxylic acid groups (broad SMARTS) is 1. The molecule has 6 heteroatoms. The van der Waals surface area contributed by atoms with Gasteiger partial charge in [0.05, 0.1) is 5.56 Å². The second kappa shape index (κ2) is 6.69. The Labute approximate surface area is 134 Å². The predicted octanol–water partition coefficient (Wildman–Crippen LogP) is 3.43. The largest absolute Gasteiger partial charge is 0.480 e. The molecule has 0 heterocycles. The lowest BCUT2D eigenvalue weighted by Gasteiger charge is -2.26. The van der Waals surface area contributed by atoms with Crippen LogP contribution in [0, 0.1) is 3.57 Å². The van der Waals surface area contributed by atoms with E-state index in [4.69, 9.17) is 0 Å². The van der Waals surface area contributed by atoms with Gasteiger partial charge in [-0.3, -0.25) is 4.79 Å². The summed E-state index contributed by atoms with van der Waals surface area (Å²) in [6.07, 6.45) is 1.07. The molecule has 104 valence electrons. The topological polar surface area (TPSA) is 66.4 Å². The van der Waals surface area contributed by atoms with E-state index in [9.17, 15) is 14.7 Å². The van der Waals surface area contributed by atoms with Crippen LogP contribution < -0.4 is 5.32 Å². The van der Waals surface area contributed by atoms with Gasteiger partial charge in [-0.25, -0.2) is 4.79 Å². The van der Waals surface area contributed by atoms with Crippen molar-refractivity contribution in [3.63, 3.8) is 0 Å². The Balaban J connectivity index is 3.00. The highest BCUT2D eigenvalue weighted by Gasteiger charge is 2.34. The Morgan fingerprint density at radius 3 is 2.63 bits per heavy atom. The highest BCUT2D eigenvalue weighted by Crippen LogP contribution is 2.20. The van der Waals surface area contributed by atoms with Gasteiger partial charge in [0.2, 0.25) is 0 Å². The van der Waals surface area contributed by atoms with Crippen molar-refractivity contribution in [2.24, 2.45) is 0 Å². The van der Waals surface area contributed by atoms with Crippen LogP contribution in [0.1, 0.15) is 37.0 Å². The van der Waals surface area contributed by atoms with Crippen LogP contribution in [0.15, 0.2) is 22.7 Å². The van der Waals surface area contributed by atoms with E-state index in [1.807, 2.05) is 13.0 Å². The summed E-state index contributed by atoms with van der Waals surface area (Å²) in [5.74, 6) is -1.39. The first-order chi connectivity index (χ1) is 8.80. The van der Waals surface area contributed by atoms with Crippen molar-refractivity contribution >= 4 is 50.4 Å². The first-order valence-electron chi connectivity index (χ1n) is 5.81. The molecule has 0 radical (unpaired) electrons. The van der Waals surface area contributed by atoms with Crippen molar-refractivity contribution in [3.8, 4) is 0 Å². The molecular formula is C13H15BrINO3. The number of amides is 1. The summed E-state index contributed by atoms with van der Waals surface area (Å²) >= 11 is 5.36. The van der Waals surface area contributed by atoms with Crippen molar-refractivity contribution < 1.29 is 14.7 Å². The molecule has 0 aliphatic carbocycles. The molecule has 1 amide bonds. The SMILES string of the molecule is CCCC(C)(NC(=O)c1cc(Br)ccc1I)C(=O)O. The van der Waals surface area contributed by atoms with Crippen LogP contribution in [0.25, 0.3) is 0 Å². The molecule has 1 aromatic carbocycles. The second-order valence-corrected chi connectivity index (χ2v) is 6.54. The Hall–Kier alpha value is -0.630. The van der Waals surface area contributed by atoms with E-state index >= 15 is 0 Å². The normalized spacial score (nSPS) is 13.7. The van der Waals surface area contributed by atoms with Crippen LogP contribution in [-0.4, -0.2) is 22.5 Å². The fourth-order valence-electron chi connectivity index (χ4n) is 1.71. The molecule has 0 aliphatic heterocycles. The maximum absolute atomic E-state index is 12.2. The molecule has 2 N–H and O–H groups in total. The van der Waals surface area contributed by atoms with E-state index in [-0.39, 0.29) is 5.91 Å². The molecule has 0 spiro atoms. The molecule has 1 rings (SSSR count). The second-order valence-electron chi connectivity index (χ2n) is 4.47. The third-order valence-corrected chi connectivity index (χ3v) is 4.22. The summed E-state index contributed by atoms with van der Waals surface area (Å²) in [5.41, 5.74) is -0.768. The molecule has 1 atom stereocenters. The fraction of sp³-hybridized carbons (Fsp3) is 0.385. The minimum Gasteiger partial charge on any atom is -0.480 e. The van der Waals surface area contributed by atoms with Crippen LogP contribution in [0.3, 0.4) is 0 Å². The van der Waals surface area contributed by atoms with E-state index in [1.165, 1.54) is 6.92 Å². The first kappa shape index (κ1) is 16.4. The van der Waals surface area contributed by atoms with Crippen molar-refractivity contribution in [1.29, 1.82) is 0 Å². The quantitative estimate of drug-likeness (QED) is 0.690. The predicted molar refractivity (Wildman–Crippen MR) is 85.3 cm³/mol. The van der Waals surface area contributed by atoms with Gasteiger partial charge < -0.3 is 10.4 Å². The summed E-state index contributed by atoms with van der Waals surface area (Å²) in [6, 6.07) is 5.32. The zero-order chi connectivity index (χ0) is 14.6. The average Bonchev–Trinajstić information content (AvgIpc) is 2.32. The summed E-state index contributed by atoms with van der Waals surface area (Å²) in [7, 11) is 0. The Morgan fingerprint density at radius 1 is 1.47 bits per heavy atom. The highest BCUT2D eigenvalue weighted by molar-refractivity contribution is 14.1. The average molecular weight is 440 g/mol. The highest BCUT2D eigenvalue weighted by atomic mass is 127. The maximum Gasteiger partial charge on any atom is 0.329 e. The minimum atomic E-state index is -1.24. The minimum absolute atomic E-state index is 0.371. The van der Waals surface area contributed by atoms with Gasteiger partial charge >= 0.3 is 5.97 Å². The van der Waals surface area contributed by atoms with Crippen molar-refractivity contribution in [2.45, 2.75) is 32.2 Å². The van der Waals surface area contributed by atoms with Crippen LogP contribution in [0.2, 0.25) is 0 Å². The Bertz CT molecular complexity index is 507. The van der Waals surface area contributed by atoms with Gasteiger partial charge in [0.1, 0.15) is 5.54 Å². The fourth-order valence-corrected chi connectivity index (χ4v) is 2.65. The lowest BCUT2D eigenvalue weighted by Crippen LogP contribution is -2.52. The smallest absolute Gasteiger partial charge is 0.329 e. The molecule has 0 aromatic heterocycles. The van der Waals surface area contributed by atoms with Crippen LogP contribution >= 0.6 is 38.5 Å². The number of hydrogen-bond donors (Lipinski definition) is 2. The van der Waals surface area contributed by atoms with Crippen LogP contribution in [0.4, 0.5) is 0 Å². The lowest BCUT2D eigenvalue weighted by atomic mass is 9.96. The number of benzene rings is 1. The summed E-state index contributed by atoms with van der Waals surface area (Å²) in [6.45, 7) is 3.41. The number of hydrogen-bond acceptors (Lipinski definition) is 2. The molecule has 1 unspecified atom stereocenters. The molecule has 0 saturated heterocycles. The maximum atomic E-state index is 12.2. The van der Waals surface area contributed by atoms with Gasteiger partial charge in [-0.15, -0.1) is 0 Å². The lowest BCUT2D eigenvalue weighted by molar-refractivity contribution is -0.144. The van der Waals surface area contributed by atoms with Crippen molar-refractivity contribution in [2.75, 3.05) is 0 Å². The molecule has 0 aliphatic rings. The van der Waals surface area contributed by atoms with Gasteiger partial charge in [-0.05, 0) is 54.1 Å². The Morgan fingerprint density at radius 2 is 2.11 bits per heavy atom.